The number of hydrogen-bond acceptors (Lipinski definition) is 1. The van der Waals surface area contributed by atoms with E-state index in [1.54, 1.807) is 0 Å². The van der Waals surface area contributed by atoms with E-state index in [1.165, 1.54) is 3.07 Å². The molecule has 0 heterocycles. The molecular weight excluding hydrogens is 450 g/mol. The zero-order valence-corrected chi connectivity index (χ0v) is 15.3. The molecule has 0 aromatic heterocycles. The molecule has 2 N–H and O–H groups in total. The van der Waals surface area contributed by atoms with Crippen LogP contribution in [0.15, 0.2) is 34.8 Å². The van der Waals surface area contributed by atoms with Crippen molar-refractivity contribution >= 4 is 43.7 Å². The number of benzene rings is 2. The van der Waals surface area contributed by atoms with Crippen LogP contribution in [0.3, 0.4) is 0 Å². The van der Waals surface area contributed by atoms with Crippen LogP contribution in [0.25, 0.3) is 10.8 Å². The molecule has 2 rings (SSSR count). The van der Waals surface area contributed by atoms with Crippen LogP contribution in [0.5, 0.6) is 0 Å². The molecule has 68 valence electrons. The van der Waals surface area contributed by atoms with Gasteiger partial charge in [0.25, 0.3) is 0 Å². The van der Waals surface area contributed by atoms with Crippen LogP contribution in [0, 0.1) is 0 Å². The van der Waals surface area contributed by atoms with E-state index >= 15 is 0 Å². The molecule has 2 aromatic rings. The summed E-state index contributed by atoms with van der Waals surface area (Å²) >= 11 is 2.11. The standard InChI is InChI=1S/C10H7BrN.ClH.Hg/c11-9-5-6-10(12)8-4-2-1-3-7(8)9;;/h1-5H,12H2;1H;/q;;+1/p-1. The quantitative estimate of drug-likeness (QED) is 0.518. The van der Waals surface area contributed by atoms with E-state index < -0.39 is 23.3 Å². The molecule has 0 saturated heterocycles. The van der Waals surface area contributed by atoms with Gasteiger partial charge in [0, 0.05) is 0 Å². The maximum atomic E-state index is 6.05. The minimum atomic E-state index is -1.43. The average Bonchev–Trinajstić information content (AvgIpc) is 2.23. The fourth-order valence-electron chi connectivity index (χ4n) is 1.52. The van der Waals surface area contributed by atoms with Gasteiger partial charge in [0.05, 0.1) is 0 Å². The number of halogens is 2. The Bertz CT molecular complexity index is 487. The van der Waals surface area contributed by atoms with Crippen molar-refractivity contribution < 1.29 is 23.3 Å². The van der Waals surface area contributed by atoms with Gasteiger partial charge in [0.1, 0.15) is 0 Å². The Morgan fingerprint density at radius 2 is 1.86 bits per heavy atom. The fourth-order valence-corrected chi connectivity index (χ4v) is 7.64. The molecule has 14 heavy (non-hydrogen) atoms. The summed E-state index contributed by atoms with van der Waals surface area (Å²) in [6.45, 7) is 0. The van der Waals surface area contributed by atoms with Crippen molar-refractivity contribution in [3.8, 4) is 0 Å². The number of fused-ring (bicyclic) bond motifs is 1. The fraction of sp³-hybridized carbons (Fsp3) is 0. The van der Waals surface area contributed by atoms with E-state index in [0.717, 1.165) is 20.9 Å². The third-order valence-electron chi connectivity index (χ3n) is 2.27. The van der Waals surface area contributed by atoms with Crippen molar-refractivity contribution in [2.75, 3.05) is 5.73 Å². The SMILES string of the molecule is Nc1[c]([Hg][Cl])cc(Br)c2ccccc12. The predicted molar refractivity (Wildman–Crippen MR) is 61.5 cm³/mol. The number of nitrogen functional groups attached to an aromatic ring is 1. The summed E-state index contributed by atoms with van der Waals surface area (Å²) < 4.78 is 2.29. The van der Waals surface area contributed by atoms with Gasteiger partial charge in [-0.05, 0) is 0 Å². The molecule has 0 bridgehead atoms. The Morgan fingerprint density at radius 1 is 1.21 bits per heavy atom. The summed E-state index contributed by atoms with van der Waals surface area (Å²) in [5.41, 5.74) is 6.92. The third kappa shape index (κ3) is 1.80. The van der Waals surface area contributed by atoms with E-state index in [2.05, 4.69) is 28.1 Å². The summed E-state index contributed by atoms with van der Waals surface area (Å²) in [6.07, 6.45) is 0. The van der Waals surface area contributed by atoms with Crippen LogP contribution in [0.2, 0.25) is 0 Å². The van der Waals surface area contributed by atoms with Crippen LogP contribution in [0.4, 0.5) is 5.69 Å². The van der Waals surface area contributed by atoms with Crippen LogP contribution in [-0.2, 0) is 23.3 Å². The number of hydrogen-bond donors (Lipinski definition) is 1. The van der Waals surface area contributed by atoms with E-state index in [9.17, 15) is 0 Å². The Morgan fingerprint density at radius 3 is 2.50 bits per heavy atom. The van der Waals surface area contributed by atoms with E-state index in [4.69, 9.17) is 14.0 Å². The Kier molecular flexibility index (Phi) is 3.35. The van der Waals surface area contributed by atoms with Crippen molar-refractivity contribution in [2.24, 2.45) is 0 Å². The van der Waals surface area contributed by atoms with Crippen molar-refractivity contribution in [1.29, 1.82) is 0 Å². The molecule has 0 aliphatic carbocycles. The minimum absolute atomic E-state index is 0.875. The molecule has 0 unspecified atom stereocenters. The van der Waals surface area contributed by atoms with Gasteiger partial charge in [0.15, 0.2) is 0 Å². The first-order chi connectivity index (χ1) is 6.74. The predicted octanol–water partition coefficient (Wildman–Crippen LogP) is 3.05. The molecule has 0 aliphatic heterocycles. The molecule has 0 atom stereocenters. The molecular formula is C10H7BrClHgN. The van der Waals surface area contributed by atoms with Crippen molar-refractivity contribution in [2.45, 2.75) is 0 Å². The second-order valence-electron chi connectivity index (χ2n) is 3.11. The average molecular weight is 457 g/mol. The van der Waals surface area contributed by atoms with Crippen LogP contribution in [-0.4, -0.2) is 0 Å². The number of rotatable bonds is 1. The van der Waals surface area contributed by atoms with E-state index in [0.29, 0.717) is 0 Å². The van der Waals surface area contributed by atoms with Gasteiger partial charge in [0.2, 0.25) is 0 Å². The van der Waals surface area contributed by atoms with Gasteiger partial charge in [-0.25, -0.2) is 0 Å². The summed E-state index contributed by atoms with van der Waals surface area (Å²) in [4.78, 5) is 0. The Labute approximate surface area is 107 Å². The van der Waals surface area contributed by atoms with Crippen molar-refractivity contribution in [1.82, 2.24) is 0 Å². The van der Waals surface area contributed by atoms with E-state index in [-0.39, 0.29) is 0 Å². The summed E-state index contributed by atoms with van der Waals surface area (Å²) in [6, 6.07) is 10.2. The van der Waals surface area contributed by atoms with Gasteiger partial charge < -0.3 is 0 Å². The van der Waals surface area contributed by atoms with Gasteiger partial charge in [-0.15, -0.1) is 0 Å². The number of anilines is 1. The van der Waals surface area contributed by atoms with Crippen molar-refractivity contribution in [3.05, 3.63) is 34.8 Å². The first-order valence-electron chi connectivity index (χ1n) is 4.25. The Hall–Kier alpha value is 0.205. The monoisotopic (exact) mass is 457 g/mol. The normalized spacial score (nSPS) is 10.1. The Balaban J connectivity index is 2.87. The summed E-state index contributed by atoms with van der Waals surface area (Å²) in [5.74, 6) is 0. The zero-order chi connectivity index (χ0) is 10.1. The van der Waals surface area contributed by atoms with Gasteiger partial charge in [-0.1, -0.05) is 0 Å². The molecule has 0 aliphatic rings. The summed E-state index contributed by atoms with van der Waals surface area (Å²) in [5, 5.41) is 2.27. The van der Waals surface area contributed by atoms with Gasteiger partial charge >= 0.3 is 108 Å². The van der Waals surface area contributed by atoms with E-state index in [1.807, 2.05) is 18.2 Å². The molecule has 1 nitrogen and oxygen atoms in total. The first kappa shape index (κ1) is 10.7. The molecule has 4 heteroatoms. The van der Waals surface area contributed by atoms with Crippen LogP contribution < -0.4 is 8.81 Å². The summed E-state index contributed by atoms with van der Waals surface area (Å²) in [7, 11) is 6.03. The van der Waals surface area contributed by atoms with Gasteiger partial charge in [-0.2, -0.15) is 0 Å². The van der Waals surface area contributed by atoms with Crippen LogP contribution >= 0.6 is 24.2 Å². The molecule has 0 saturated carbocycles. The van der Waals surface area contributed by atoms with Crippen LogP contribution in [0.1, 0.15) is 0 Å². The zero-order valence-electron chi connectivity index (χ0n) is 7.43. The third-order valence-corrected chi connectivity index (χ3v) is 8.84. The van der Waals surface area contributed by atoms with Crippen molar-refractivity contribution in [3.63, 3.8) is 0 Å². The number of nitrogens with two attached hydrogens (primary N) is 1. The topological polar surface area (TPSA) is 26.0 Å². The van der Waals surface area contributed by atoms with Gasteiger partial charge in [-0.3, -0.25) is 0 Å². The first-order valence-corrected chi connectivity index (χ1v) is 14.6. The molecule has 0 amide bonds. The second-order valence-corrected chi connectivity index (χ2v) is 10.3. The molecule has 2 aromatic carbocycles. The maximum absolute atomic E-state index is 6.05. The molecule has 0 spiro atoms. The second kappa shape index (κ2) is 4.37. The molecule has 0 radical (unpaired) electrons. The molecule has 0 fully saturated rings.